The first-order valence-electron chi connectivity index (χ1n) is 9.34. The average molecular weight is 389 g/mol. The predicted molar refractivity (Wildman–Crippen MR) is 110 cm³/mol. The van der Waals surface area contributed by atoms with E-state index in [0.717, 1.165) is 12.0 Å². The van der Waals surface area contributed by atoms with Gasteiger partial charge in [0.2, 0.25) is 0 Å². The van der Waals surface area contributed by atoms with Gasteiger partial charge >= 0.3 is 0 Å². The Morgan fingerprint density at radius 3 is 2.00 bits per heavy atom. The van der Waals surface area contributed by atoms with Crippen molar-refractivity contribution in [2.24, 2.45) is 0 Å². The van der Waals surface area contributed by atoms with Gasteiger partial charge in [-0.25, -0.2) is 8.42 Å². The summed E-state index contributed by atoms with van der Waals surface area (Å²) in [4.78, 5) is 14.3. The van der Waals surface area contributed by atoms with Crippen molar-refractivity contribution in [2.45, 2.75) is 44.9 Å². The van der Waals surface area contributed by atoms with Gasteiger partial charge in [-0.1, -0.05) is 26.0 Å². The Hall–Kier alpha value is -2.34. The number of hydrogen-bond acceptors (Lipinski definition) is 3. The fourth-order valence-electron chi connectivity index (χ4n) is 2.80. The molecule has 0 radical (unpaired) electrons. The molecule has 0 bridgehead atoms. The van der Waals surface area contributed by atoms with E-state index < -0.39 is 10.0 Å². The molecule has 2 rings (SSSR count). The third-order valence-corrected chi connectivity index (χ3v) is 6.20. The van der Waals surface area contributed by atoms with Crippen molar-refractivity contribution >= 4 is 21.6 Å². The van der Waals surface area contributed by atoms with Crippen LogP contribution in [0.4, 0.5) is 5.69 Å². The van der Waals surface area contributed by atoms with Crippen LogP contribution in [0.1, 0.15) is 56.0 Å². The minimum atomic E-state index is -3.67. The maximum absolute atomic E-state index is 12.6. The van der Waals surface area contributed by atoms with Gasteiger partial charge in [-0.05, 0) is 68.1 Å². The first-order valence-corrected chi connectivity index (χ1v) is 10.8. The number of nitrogens with zero attached hydrogens (tertiary/aromatic N) is 1. The molecular weight excluding hydrogens is 360 g/mol. The molecule has 2 aromatic carbocycles. The quantitative estimate of drug-likeness (QED) is 0.725. The van der Waals surface area contributed by atoms with Crippen molar-refractivity contribution in [3.8, 4) is 0 Å². The van der Waals surface area contributed by atoms with Crippen LogP contribution in [0.3, 0.4) is 0 Å². The number of anilines is 1. The van der Waals surface area contributed by atoms with Crippen LogP contribution in [0.2, 0.25) is 0 Å². The molecule has 2 aromatic rings. The fraction of sp³-hybridized carbons (Fsp3) is 0.381. The van der Waals surface area contributed by atoms with Crippen LogP contribution in [0, 0.1) is 0 Å². The molecule has 1 amide bonds. The van der Waals surface area contributed by atoms with Crippen molar-refractivity contribution in [2.75, 3.05) is 17.8 Å². The van der Waals surface area contributed by atoms with Gasteiger partial charge in [0, 0.05) is 24.3 Å². The van der Waals surface area contributed by atoms with E-state index in [4.69, 9.17) is 0 Å². The number of carbonyl (C=O) groups is 1. The SMILES string of the molecule is CCC(C)c1ccc(S(=O)(=O)Nc2ccc(C(=O)N(CC)CC)cc2)cc1. The van der Waals surface area contributed by atoms with E-state index in [1.54, 1.807) is 41.3 Å². The van der Waals surface area contributed by atoms with Crippen LogP contribution in [-0.2, 0) is 10.0 Å². The second-order valence-electron chi connectivity index (χ2n) is 6.54. The van der Waals surface area contributed by atoms with Gasteiger partial charge in [-0.3, -0.25) is 9.52 Å². The van der Waals surface area contributed by atoms with Crippen LogP contribution in [0.5, 0.6) is 0 Å². The lowest BCUT2D eigenvalue weighted by Crippen LogP contribution is -2.30. The van der Waals surface area contributed by atoms with Crippen molar-refractivity contribution in [1.29, 1.82) is 0 Å². The third-order valence-electron chi connectivity index (χ3n) is 4.81. The van der Waals surface area contributed by atoms with Crippen LogP contribution in [-0.4, -0.2) is 32.3 Å². The normalized spacial score (nSPS) is 12.4. The summed E-state index contributed by atoms with van der Waals surface area (Å²) in [6.07, 6.45) is 1.00. The van der Waals surface area contributed by atoms with Crippen molar-refractivity contribution in [3.05, 3.63) is 59.7 Å². The second kappa shape index (κ2) is 9.04. The first kappa shape index (κ1) is 21.0. The smallest absolute Gasteiger partial charge is 0.261 e. The molecule has 0 aliphatic rings. The molecule has 146 valence electrons. The Balaban J connectivity index is 2.14. The summed E-state index contributed by atoms with van der Waals surface area (Å²) in [7, 11) is -3.67. The number of rotatable bonds is 8. The van der Waals surface area contributed by atoms with Crippen LogP contribution < -0.4 is 4.72 Å². The summed E-state index contributed by atoms with van der Waals surface area (Å²) in [5.74, 6) is 0.334. The summed E-state index contributed by atoms with van der Waals surface area (Å²) < 4.78 is 27.7. The number of nitrogens with one attached hydrogen (secondary N) is 1. The number of benzene rings is 2. The summed E-state index contributed by atoms with van der Waals surface area (Å²) in [6.45, 7) is 9.34. The van der Waals surface area contributed by atoms with Crippen molar-refractivity contribution < 1.29 is 13.2 Å². The highest BCUT2D eigenvalue weighted by Gasteiger charge is 2.16. The number of carbonyl (C=O) groups excluding carboxylic acids is 1. The van der Waals surface area contributed by atoms with E-state index in [1.165, 1.54) is 0 Å². The third kappa shape index (κ3) is 5.10. The van der Waals surface area contributed by atoms with Gasteiger partial charge in [0.05, 0.1) is 4.90 Å². The summed E-state index contributed by atoms with van der Waals surface area (Å²) in [5.41, 5.74) is 2.09. The molecule has 0 spiro atoms. The first-order chi connectivity index (χ1) is 12.8. The molecule has 6 heteroatoms. The van der Waals surface area contributed by atoms with E-state index in [-0.39, 0.29) is 10.8 Å². The van der Waals surface area contributed by atoms with Crippen LogP contribution >= 0.6 is 0 Å². The number of amides is 1. The Bertz CT molecular complexity index is 855. The van der Waals surface area contributed by atoms with Gasteiger partial charge in [0.1, 0.15) is 0 Å². The molecule has 5 nitrogen and oxygen atoms in total. The molecule has 1 unspecified atom stereocenters. The van der Waals surface area contributed by atoms with Gasteiger partial charge in [-0.2, -0.15) is 0 Å². The van der Waals surface area contributed by atoms with E-state index in [9.17, 15) is 13.2 Å². The van der Waals surface area contributed by atoms with Gasteiger partial charge < -0.3 is 4.90 Å². The molecule has 1 atom stereocenters. The van der Waals surface area contributed by atoms with Gasteiger partial charge in [-0.15, -0.1) is 0 Å². The fourth-order valence-corrected chi connectivity index (χ4v) is 3.86. The van der Waals surface area contributed by atoms with Crippen LogP contribution in [0.25, 0.3) is 0 Å². The molecule has 0 aromatic heterocycles. The lowest BCUT2D eigenvalue weighted by Gasteiger charge is -2.18. The number of hydrogen-bond donors (Lipinski definition) is 1. The van der Waals surface area contributed by atoms with Crippen molar-refractivity contribution in [3.63, 3.8) is 0 Å². The van der Waals surface area contributed by atoms with E-state index >= 15 is 0 Å². The zero-order chi connectivity index (χ0) is 20.0. The molecule has 0 aliphatic carbocycles. The highest BCUT2D eigenvalue weighted by Crippen LogP contribution is 2.22. The zero-order valence-electron chi connectivity index (χ0n) is 16.4. The second-order valence-corrected chi connectivity index (χ2v) is 8.22. The topological polar surface area (TPSA) is 66.5 Å². The minimum Gasteiger partial charge on any atom is -0.339 e. The maximum Gasteiger partial charge on any atom is 0.261 e. The Kier molecular flexibility index (Phi) is 7.02. The standard InChI is InChI=1S/C21H28N2O3S/c1-5-16(4)17-10-14-20(15-11-17)27(25,26)22-19-12-8-18(9-13-19)21(24)23(6-2)7-3/h8-16,22H,5-7H2,1-4H3. The summed E-state index contributed by atoms with van der Waals surface area (Å²) in [6, 6.07) is 13.5. The summed E-state index contributed by atoms with van der Waals surface area (Å²) in [5, 5.41) is 0. The maximum atomic E-state index is 12.6. The Labute approximate surface area is 162 Å². The Morgan fingerprint density at radius 2 is 1.52 bits per heavy atom. The largest absolute Gasteiger partial charge is 0.339 e. The van der Waals surface area contributed by atoms with Crippen molar-refractivity contribution in [1.82, 2.24) is 4.90 Å². The van der Waals surface area contributed by atoms with E-state index in [2.05, 4.69) is 18.6 Å². The van der Waals surface area contributed by atoms with Gasteiger partial charge in [0.25, 0.3) is 15.9 Å². The molecule has 0 saturated heterocycles. The van der Waals surface area contributed by atoms with E-state index in [1.807, 2.05) is 26.0 Å². The molecule has 0 saturated carbocycles. The Morgan fingerprint density at radius 1 is 0.963 bits per heavy atom. The number of sulfonamides is 1. The lowest BCUT2D eigenvalue weighted by molar-refractivity contribution is 0.0773. The molecular formula is C21H28N2O3S. The average Bonchev–Trinajstić information content (AvgIpc) is 2.68. The highest BCUT2D eigenvalue weighted by molar-refractivity contribution is 7.92. The molecule has 27 heavy (non-hydrogen) atoms. The monoisotopic (exact) mass is 388 g/mol. The molecule has 0 fully saturated rings. The molecule has 0 heterocycles. The van der Waals surface area contributed by atoms with E-state index in [0.29, 0.717) is 30.3 Å². The lowest BCUT2D eigenvalue weighted by atomic mass is 9.99. The minimum absolute atomic E-state index is 0.0601. The highest BCUT2D eigenvalue weighted by atomic mass is 32.2. The molecule has 0 aliphatic heterocycles. The zero-order valence-corrected chi connectivity index (χ0v) is 17.2. The predicted octanol–water partition coefficient (Wildman–Crippen LogP) is 4.48. The van der Waals surface area contributed by atoms with Gasteiger partial charge in [0.15, 0.2) is 0 Å². The summed E-state index contributed by atoms with van der Waals surface area (Å²) >= 11 is 0. The van der Waals surface area contributed by atoms with Crippen LogP contribution in [0.15, 0.2) is 53.4 Å². The molecule has 1 N–H and O–H groups in total.